The molecule has 0 aliphatic rings. The fourth-order valence-corrected chi connectivity index (χ4v) is 4.97. The number of anilines is 1. The van der Waals surface area contributed by atoms with Gasteiger partial charge < -0.3 is 20.1 Å². The molecule has 2 amide bonds. The van der Waals surface area contributed by atoms with Crippen molar-refractivity contribution >= 4 is 29.4 Å². The molecule has 274 valence electrons. The number of benzene rings is 3. The van der Waals surface area contributed by atoms with Gasteiger partial charge in [0, 0.05) is 43.7 Å². The van der Waals surface area contributed by atoms with Crippen LogP contribution in [0.2, 0.25) is 0 Å². The maximum Gasteiger partial charge on any atom is 0.416 e. The Bertz CT molecular complexity index is 2070. The number of ether oxygens (including phenoxy) is 1. The van der Waals surface area contributed by atoms with Crippen LogP contribution in [0.15, 0.2) is 103 Å². The van der Waals surface area contributed by atoms with Gasteiger partial charge >= 0.3 is 18.1 Å². The molecule has 2 aromatic heterocycles. The number of amides is 2. The number of carboxylic acid groups (broad SMARTS) is 1. The molecule has 0 atom stereocenters. The van der Waals surface area contributed by atoms with Crippen LogP contribution in [-0.2, 0) is 17.4 Å². The Morgan fingerprint density at radius 1 is 0.830 bits per heavy atom. The van der Waals surface area contributed by atoms with Gasteiger partial charge in [-0.15, -0.1) is 0 Å². The lowest BCUT2D eigenvalue weighted by molar-refractivity contribution is -0.137. The Morgan fingerprint density at radius 2 is 1.53 bits per heavy atom. The summed E-state index contributed by atoms with van der Waals surface area (Å²) in [5.74, 6) is -2.37. The SMILES string of the molecule is Cc1ccc(C(=O)Nc2ccc(CCCC(=O)Oc3ccc(C(=O)O)cc3)cc2C(=O)N(C)C)c(-c2ccc(C(F)(F)F)cc2)n1.Cc1ccccn1. The lowest BCUT2D eigenvalue weighted by Gasteiger charge is -2.17. The van der Waals surface area contributed by atoms with Crippen molar-refractivity contribution in [1.29, 1.82) is 0 Å². The van der Waals surface area contributed by atoms with Gasteiger partial charge in [0.05, 0.1) is 33.6 Å². The molecule has 10 nitrogen and oxygen atoms in total. The van der Waals surface area contributed by atoms with Crippen molar-refractivity contribution in [1.82, 2.24) is 14.9 Å². The van der Waals surface area contributed by atoms with Crippen molar-refractivity contribution in [3.8, 4) is 17.0 Å². The standard InChI is InChI=1S/C34H30F3N3O6.C6H7N/c1-20-7-17-26(30(38-20)22-9-13-24(14-10-22)34(35,36)37)31(42)39-28-18-8-21(19-27(28)32(43)40(2)3)5-4-6-29(41)46-25-15-11-23(12-16-25)33(44)45;1-6-4-2-3-5-7-6/h7-19H,4-6H2,1-3H3,(H,39,42)(H,44,45);2-5H,1H3. The van der Waals surface area contributed by atoms with Crippen molar-refractivity contribution in [3.05, 3.63) is 142 Å². The van der Waals surface area contributed by atoms with Crippen LogP contribution in [0.5, 0.6) is 5.75 Å². The number of nitrogens with one attached hydrogen (secondary N) is 1. The summed E-state index contributed by atoms with van der Waals surface area (Å²) in [6, 6.07) is 23.7. The summed E-state index contributed by atoms with van der Waals surface area (Å²) < 4.78 is 44.5. The number of hydrogen-bond acceptors (Lipinski definition) is 7. The van der Waals surface area contributed by atoms with Crippen LogP contribution >= 0.6 is 0 Å². The second-order valence-corrected chi connectivity index (χ2v) is 12.1. The first-order valence-electron chi connectivity index (χ1n) is 16.3. The van der Waals surface area contributed by atoms with E-state index in [0.717, 1.165) is 23.4 Å². The minimum Gasteiger partial charge on any atom is -0.478 e. The second-order valence-electron chi connectivity index (χ2n) is 12.1. The molecule has 2 heterocycles. The maximum absolute atomic E-state index is 13.5. The second kappa shape index (κ2) is 17.7. The lowest BCUT2D eigenvalue weighted by atomic mass is 10.0. The predicted molar refractivity (Wildman–Crippen MR) is 193 cm³/mol. The number of carbonyl (C=O) groups is 4. The Balaban J connectivity index is 0.000000801. The van der Waals surface area contributed by atoms with Crippen LogP contribution in [0.25, 0.3) is 11.3 Å². The molecule has 3 aromatic carbocycles. The van der Waals surface area contributed by atoms with Gasteiger partial charge in [-0.05, 0) is 105 Å². The molecule has 5 rings (SSSR count). The highest BCUT2D eigenvalue weighted by Crippen LogP contribution is 2.32. The third-order valence-corrected chi connectivity index (χ3v) is 7.73. The number of alkyl halides is 3. The molecule has 0 radical (unpaired) electrons. The first-order chi connectivity index (χ1) is 25.1. The van der Waals surface area contributed by atoms with Gasteiger partial charge in [0.2, 0.25) is 0 Å². The Morgan fingerprint density at radius 3 is 2.09 bits per heavy atom. The van der Waals surface area contributed by atoms with Crippen LogP contribution in [0, 0.1) is 13.8 Å². The lowest BCUT2D eigenvalue weighted by Crippen LogP contribution is -2.24. The highest BCUT2D eigenvalue weighted by atomic mass is 19.4. The number of aromatic nitrogens is 2. The smallest absolute Gasteiger partial charge is 0.416 e. The molecule has 0 unspecified atom stereocenters. The summed E-state index contributed by atoms with van der Waals surface area (Å²) in [4.78, 5) is 59.6. The average Bonchev–Trinajstić information content (AvgIpc) is 3.12. The molecule has 0 aliphatic heterocycles. The van der Waals surface area contributed by atoms with E-state index in [1.54, 1.807) is 51.5 Å². The number of carboxylic acids is 1. The fourth-order valence-electron chi connectivity index (χ4n) is 4.97. The minimum atomic E-state index is -4.51. The molecular weight excluding hydrogens is 689 g/mol. The Labute approximate surface area is 304 Å². The molecule has 0 spiro atoms. The highest BCUT2D eigenvalue weighted by molar-refractivity contribution is 6.11. The van der Waals surface area contributed by atoms with Crippen LogP contribution in [0.4, 0.5) is 18.9 Å². The van der Waals surface area contributed by atoms with E-state index in [9.17, 15) is 32.3 Å². The maximum atomic E-state index is 13.5. The molecule has 53 heavy (non-hydrogen) atoms. The molecule has 5 aromatic rings. The molecule has 0 bridgehead atoms. The fraction of sp³-hybridized carbons (Fsp3) is 0.200. The van der Waals surface area contributed by atoms with Gasteiger partial charge in [0.15, 0.2) is 0 Å². The average molecular weight is 727 g/mol. The molecule has 0 fully saturated rings. The third kappa shape index (κ3) is 11.3. The van der Waals surface area contributed by atoms with Gasteiger partial charge in [-0.3, -0.25) is 24.4 Å². The topological polar surface area (TPSA) is 139 Å². The summed E-state index contributed by atoms with van der Waals surface area (Å²) >= 11 is 0. The normalized spacial score (nSPS) is 10.8. The minimum absolute atomic E-state index is 0.0588. The van der Waals surface area contributed by atoms with Crippen molar-refractivity contribution in [2.45, 2.75) is 39.3 Å². The van der Waals surface area contributed by atoms with E-state index in [2.05, 4.69) is 15.3 Å². The first-order valence-corrected chi connectivity index (χ1v) is 16.3. The summed E-state index contributed by atoms with van der Waals surface area (Å²) in [5, 5.41) is 11.7. The predicted octanol–water partition coefficient (Wildman–Crippen LogP) is 8.05. The van der Waals surface area contributed by atoms with E-state index in [-0.39, 0.29) is 46.1 Å². The van der Waals surface area contributed by atoms with Gasteiger partial charge in [-0.2, -0.15) is 13.2 Å². The summed E-state index contributed by atoms with van der Waals surface area (Å²) in [6.45, 7) is 3.67. The number of pyridine rings is 2. The number of hydrogen-bond donors (Lipinski definition) is 2. The first kappa shape index (κ1) is 39.4. The van der Waals surface area contributed by atoms with Crippen LogP contribution in [-0.4, -0.2) is 57.8 Å². The summed E-state index contributed by atoms with van der Waals surface area (Å²) in [5.41, 5.74) is 2.62. The molecule has 0 saturated carbocycles. The highest BCUT2D eigenvalue weighted by Gasteiger charge is 2.30. The number of halogens is 3. The number of nitrogens with zero attached hydrogens (tertiary/aromatic N) is 3. The molecular formula is C40H37F3N4O6. The molecule has 0 aliphatic carbocycles. The van der Waals surface area contributed by atoms with Crippen molar-refractivity contribution in [2.24, 2.45) is 0 Å². The third-order valence-electron chi connectivity index (χ3n) is 7.73. The largest absolute Gasteiger partial charge is 0.478 e. The van der Waals surface area contributed by atoms with Gasteiger partial charge in [-0.1, -0.05) is 24.3 Å². The van der Waals surface area contributed by atoms with E-state index in [1.807, 2.05) is 25.1 Å². The monoisotopic (exact) mass is 726 g/mol. The molecule has 0 saturated heterocycles. The van der Waals surface area contributed by atoms with Crippen LogP contribution in [0.1, 0.15) is 66.4 Å². The number of aryl methyl sites for hydroxylation is 3. The zero-order valence-electron chi connectivity index (χ0n) is 29.4. The van der Waals surface area contributed by atoms with E-state index in [1.165, 1.54) is 47.4 Å². The van der Waals surface area contributed by atoms with Crippen molar-refractivity contribution < 1.29 is 42.2 Å². The van der Waals surface area contributed by atoms with E-state index >= 15 is 0 Å². The molecule has 2 N–H and O–H groups in total. The van der Waals surface area contributed by atoms with Gasteiger partial charge in [0.1, 0.15) is 5.75 Å². The Kier molecular flexibility index (Phi) is 13.2. The number of esters is 1. The molecule has 13 heteroatoms. The number of aromatic carboxylic acids is 1. The van der Waals surface area contributed by atoms with Crippen LogP contribution in [0.3, 0.4) is 0 Å². The Hall–Kier alpha value is -6.37. The van der Waals surface area contributed by atoms with E-state index in [4.69, 9.17) is 9.84 Å². The van der Waals surface area contributed by atoms with E-state index in [0.29, 0.717) is 24.1 Å². The van der Waals surface area contributed by atoms with Crippen molar-refractivity contribution in [2.75, 3.05) is 19.4 Å². The van der Waals surface area contributed by atoms with Gasteiger partial charge in [0.25, 0.3) is 11.8 Å². The number of carbonyl (C=O) groups excluding carboxylic acids is 3. The summed E-state index contributed by atoms with van der Waals surface area (Å²) in [7, 11) is 3.12. The zero-order valence-corrected chi connectivity index (χ0v) is 29.4. The zero-order chi connectivity index (χ0) is 38.7. The quantitative estimate of drug-likeness (QED) is 0.109. The van der Waals surface area contributed by atoms with Crippen LogP contribution < -0.4 is 10.1 Å². The van der Waals surface area contributed by atoms with Crippen molar-refractivity contribution in [3.63, 3.8) is 0 Å². The van der Waals surface area contributed by atoms with Gasteiger partial charge in [-0.25, -0.2) is 4.79 Å². The van der Waals surface area contributed by atoms with E-state index < -0.39 is 29.6 Å². The number of rotatable bonds is 10. The summed E-state index contributed by atoms with van der Waals surface area (Å²) in [6.07, 6.45) is -1.87.